The lowest BCUT2D eigenvalue weighted by atomic mass is 9.88. The number of benzene rings is 1. The summed E-state index contributed by atoms with van der Waals surface area (Å²) in [4.78, 5) is 24.4. The normalized spacial score (nSPS) is 19.8. The van der Waals surface area contributed by atoms with Crippen molar-refractivity contribution in [1.29, 1.82) is 0 Å². The number of carbonyl (C=O) groups excluding carboxylic acids is 2. The van der Waals surface area contributed by atoms with Crippen molar-refractivity contribution >= 4 is 12.0 Å². The van der Waals surface area contributed by atoms with Crippen LogP contribution in [0.15, 0.2) is 36.5 Å². The third-order valence-corrected chi connectivity index (χ3v) is 3.98. The number of carbonyl (C=O) groups is 2. The van der Waals surface area contributed by atoms with E-state index < -0.39 is 24.0 Å². The molecule has 25 heavy (non-hydrogen) atoms. The van der Waals surface area contributed by atoms with Gasteiger partial charge in [0, 0.05) is 11.3 Å². The van der Waals surface area contributed by atoms with Gasteiger partial charge in [-0.2, -0.15) is 0 Å². The molecule has 0 spiro atoms. The van der Waals surface area contributed by atoms with E-state index in [0.29, 0.717) is 24.7 Å². The monoisotopic (exact) mass is 346 g/mol. The number of ether oxygens (including phenoxy) is 2. The van der Waals surface area contributed by atoms with Crippen LogP contribution in [0.5, 0.6) is 5.75 Å². The van der Waals surface area contributed by atoms with Crippen LogP contribution in [0.4, 0.5) is 4.79 Å². The summed E-state index contributed by atoms with van der Waals surface area (Å²) >= 11 is 0. The second kappa shape index (κ2) is 9.11. The standard InChI is InChI=1S/C19H26N2O4/c1-4-6-12-24-15-10-8-7-9-14(15)17-16(18(22)25-11-5-2)13(3)20-19(23)21-17/h7-10,16-17H,3-6,11-12H2,1-2H3,(H2,20,21,23)/t16-,17-/m1/s1. The van der Waals surface area contributed by atoms with E-state index in [2.05, 4.69) is 24.1 Å². The van der Waals surface area contributed by atoms with Gasteiger partial charge < -0.3 is 20.1 Å². The Balaban J connectivity index is 2.30. The van der Waals surface area contributed by atoms with Crippen molar-refractivity contribution in [2.75, 3.05) is 13.2 Å². The van der Waals surface area contributed by atoms with E-state index in [-0.39, 0.29) is 0 Å². The lowest BCUT2D eigenvalue weighted by Crippen LogP contribution is -2.51. The summed E-state index contributed by atoms with van der Waals surface area (Å²) in [6, 6.07) is 6.45. The zero-order valence-corrected chi connectivity index (χ0v) is 14.8. The Morgan fingerprint density at radius 3 is 2.68 bits per heavy atom. The molecule has 6 nitrogen and oxygen atoms in total. The predicted octanol–water partition coefficient (Wildman–Crippen LogP) is 3.30. The van der Waals surface area contributed by atoms with E-state index in [9.17, 15) is 9.59 Å². The molecule has 1 aromatic rings. The lowest BCUT2D eigenvalue weighted by Gasteiger charge is -2.34. The topological polar surface area (TPSA) is 76.7 Å². The van der Waals surface area contributed by atoms with Gasteiger partial charge in [-0.3, -0.25) is 4.79 Å². The van der Waals surface area contributed by atoms with Gasteiger partial charge in [0.15, 0.2) is 0 Å². The maximum absolute atomic E-state index is 12.5. The van der Waals surface area contributed by atoms with Gasteiger partial charge in [-0.1, -0.05) is 45.0 Å². The average molecular weight is 346 g/mol. The summed E-state index contributed by atoms with van der Waals surface area (Å²) in [6.45, 7) is 8.77. The van der Waals surface area contributed by atoms with Crippen LogP contribution in [0.2, 0.25) is 0 Å². The first-order chi connectivity index (χ1) is 12.1. The summed E-state index contributed by atoms with van der Waals surface area (Å²) in [6.07, 6.45) is 2.68. The lowest BCUT2D eigenvalue weighted by molar-refractivity contribution is -0.148. The maximum atomic E-state index is 12.5. The first-order valence-corrected chi connectivity index (χ1v) is 8.73. The highest BCUT2D eigenvalue weighted by Crippen LogP contribution is 2.35. The molecule has 0 bridgehead atoms. The number of unbranched alkanes of at least 4 members (excludes halogenated alkanes) is 1. The van der Waals surface area contributed by atoms with Gasteiger partial charge in [-0.15, -0.1) is 0 Å². The summed E-state index contributed by atoms with van der Waals surface area (Å²) in [5.74, 6) is -0.461. The number of hydrogen-bond acceptors (Lipinski definition) is 4. The highest BCUT2D eigenvalue weighted by molar-refractivity contribution is 5.85. The van der Waals surface area contributed by atoms with Crippen molar-refractivity contribution in [2.24, 2.45) is 5.92 Å². The van der Waals surface area contributed by atoms with Crippen molar-refractivity contribution in [3.05, 3.63) is 42.1 Å². The largest absolute Gasteiger partial charge is 0.493 e. The van der Waals surface area contributed by atoms with E-state index in [1.54, 1.807) is 0 Å². The summed E-state index contributed by atoms with van der Waals surface area (Å²) in [5, 5.41) is 5.38. The average Bonchev–Trinajstić information content (AvgIpc) is 2.59. The Morgan fingerprint density at radius 2 is 1.96 bits per heavy atom. The van der Waals surface area contributed by atoms with E-state index in [4.69, 9.17) is 9.47 Å². The van der Waals surface area contributed by atoms with Gasteiger partial charge in [0.25, 0.3) is 0 Å². The minimum atomic E-state index is -0.708. The van der Waals surface area contributed by atoms with Crippen molar-refractivity contribution in [1.82, 2.24) is 10.6 Å². The van der Waals surface area contributed by atoms with E-state index in [1.165, 1.54) is 0 Å². The molecule has 1 aliphatic heterocycles. The first kappa shape index (κ1) is 18.8. The Hall–Kier alpha value is -2.50. The molecule has 2 N–H and O–H groups in total. The number of nitrogens with one attached hydrogen (secondary N) is 2. The Bertz CT molecular complexity index is 630. The number of esters is 1. The molecule has 1 heterocycles. The van der Waals surface area contributed by atoms with E-state index in [1.807, 2.05) is 31.2 Å². The summed E-state index contributed by atoms with van der Waals surface area (Å²) in [5.41, 5.74) is 1.08. The Kier molecular flexibility index (Phi) is 6.86. The number of rotatable bonds is 8. The molecule has 0 aliphatic carbocycles. The molecule has 2 atom stereocenters. The fourth-order valence-corrected chi connectivity index (χ4v) is 2.71. The first-order valence-electron chi connectivity index (χ1n) is 8.73. The van der Waals surface area contributed by atoms with Crippen molar-refractivity contribution in [3.8, 4) is 5.75 Å². The minimum Gasteiger partial charge on any atom is -0.493 e. The van der Waals surface area contributed by atoms with Crippen LogP contribution in [0, 0.1) is 5.92 Å². The molecule has 136 valence electrons. The Morgan fingerprint density at radius 1 is 1.20 bits per heavy atom. The van der Waals surface area contributed by atoms with Crippen LogP contribution in [-0.4, -0.2) is 25.2 Å². The fourth-order valence-electron chi connectivity index (χ4n) is 2.71. The van der Waals surface area contributed by atoms with Crippen molar-refractivity contribution in [2.45, 2.75) is 39.2 Å². The zero-order chi connectivity index (χ0) is 18.2. The molecule has 1 aromatic carbocycles. The van der Waals surface area contributed by atoms with Gasteiger partial charge in [0.1, 0.15) is 11.7 Å². The fraction of sp³-hybridized carbons (Fsp3) is 0.474. The molecule has 6 heteroatoms. The van der Waals surface area contributed by atoms with Crippen LogP contribution in [0.25, 0.3) is 0 Å². The predicted molar refractivity (Wildman–Crippen MR) is 95.1 cm³/mol. The van der Waals surface area contributed by atoms with Gasteiger partial charge in [0.05, 0.1) is 19.3 Å². The second-order valence-corrected chi connectivity index (χ2v) is 5.99. The minimum absolute atomic E-state index is 0.331. The number of hydrogen-bond donors (Lipinski definition) is 2. The summed E-state index contributed by atoms with van der Waals surface area (Å²) in [7, 11) is 0. The SMILES string of the molecule is C=C1NC(=O)N[C@H](c2ccccc2OCCCC)[C@@H]1C(=O)OCCC. The third-order valence-electron chi connectivity index (χ3n) is 3.98. The van der Waals surface area contributed by atoms with Crippen molar-refractivity contribution in [3.63, 3.8) is 0 Å². The molecule has 2 amide bonds. The van der Waals surface area contributed by atoms with Crippen LogP contribution < -0.4 is 15.4 Å². The molecular formula is C19H26N2O4. The van der Waals surface area contributed by atoms with Crippen molar-refractivity contribution < 1.29 is 19.1 Å². The number of urea groups is 1. The van der Waals surface area contributed by atoms with Crippen LogP contribution in [-0.2, 0) is 9.53 Å². The third kappa shape index (κ3) is 4.75. The molecule has 1 saturated heterocycles. The number of amides is 2. The van der Waals surface area contributed by atoms with Gasteiger partial charge in [0.2, 0.25) is 0 Å². The maximum Gasteiger partial charge on any atom is 0.319 e. The van der Waals surface area contributed by atoms with Gasteiger partial charge in [-0.05, 0) is 18.9 Å². The van der Waals surface area contributed by atoms with Crippen LogP contribution >= 0.6 is 0 Å². The highest BCUT2D eigenvalue weighted by atomic mass is 16.5. The molecule has 0 unspecified atom stereocenters. The quantitative estimate of drug-likeness (QED) is 0.559. The van der Waals surface area contributed by atoms with E-state index in [0.717, 1.165) is 24.8 Å². The smallest absolute Gasteiger partial charge is 0.319 e. The highest BCUT2D eigenvalue weighted by Gasteiger charge is 2.40. The van der Waals surface area contributed by atoms with Gasteiger partial charge >= 0.3 is 12.0 Å². The Labute approximate surface area is 148 Å². The molecule has 1 aliphatic rings. The van der Waals surface area contributed by atoms with Crippen LogP contribution in [0.3, 0.4) is 0 Å². The van der Waals surface area contributed by atoms with Crippen LogP contribution in [0.1, 0.15) is 44.7 Å². The van der Waals surface area contributed by atoms with Gasteiger partial charge in [-0.25, -0.2) is 4.79 Å². The zero-order valence-electron chi connectivity index (χ0n) is 14.8. The molecule has 0 saturated carbocycles. The molecule has 1 fully saturated rings. The molecular weight excluding hydrogens is 320 g/mol. The molecule has 2 rings (SSSR count). The molecule has 0 aromatic heterocycles. The second-order valence-electron chi connectivity index (χ2n) is 5.99. The molecule has 0 radical (unpaired) electrons. The summed E-state index contributed by atoms with van der Waals surface area (Å²) < 4.78 is 11.2. The van der Waals surface area contributed by atoms with E-state index >= 15 is 0 Å². The number of para-hydroxylation sites is 1.